The van der Waals surface area contributed by atoms with Gasteiger partial charge in [0.2, 0.25) is 0 Å². The molecule has 0 radical (unpaired) electrons. The van der Waals surface area contributed by atoms with Crippen molar-refractivity contribution in [3.8, 4) is 0 Å². The fourth-order valence-electron chi connectivity index (χ4n) is 1.57. The van der Waals surface area contributed by atoms with E-state index in [1.54, 1.807) is 6.07 Å². The lowest BCUT2D eigenvalue weighted by atomic mass is 10.0. The molecular weight excluding hydrogens is 208 g/mol. The Morgan fingerprint density at radius 1 is 1.31 bits per heavy atom. The average molecular weight is 225 g/mol. The van der Waals surface area contributed by atoms with Gasteiger partial charge in [0, 0.05) is 6.04 Å². The average Bonchev–Trinajstić information content (AvgIpc) is 2.22. The molecule has 0 aromatic heterocycles. The van der Waals surface area contributed by atoms with E-state index < -0.39 is 11.6 Å². The van der Waals surface area contributed by atoms with E-state index >= 15 is 0 Å². The van der Waals surface area contributed by atoms with Gasteiger partial charge >= 0.3 is 0 Å². The summed E-state index contributed by atoms with van der Waals surface area (Å²) < 4.78 is 25.7. The molecule has 1 atom stereocenters. The Morgan fingerprint density at radius 2 is 2.00 bits per heavy atom. The van der Waals surface area contributed by atoms with E-state index in [1.807, 2.05) is 20.9 Å². The molecule has 1 aromatic rings. The van der Waals surface area contributed by atoms with Crippen LogP contribution in [0, 0.1) is 11.6 Å². The number of halogens is 2. The minimum atomic E-state index is -0.799. The zero-order valence-corrected chi connectivity index (χ0v) is 9.85. The summed E-state index contributed by atoms with van der Waals surface area (Å²) in [6.07, 6.45) is 2.72. The van der Waals surface area contributed by atoms with Gasteiger partial charge in [-0.15, -0.1) is 0 Å². The van der Waals surface area contributed by atoms with Crippen molar-refractivity contribution in [2.24, 2.45) is 0 Å². The largest absolute Gasteiger partial charge is 0.313 e. The van der Waals surface area contributed by atoms with Crippen molar-refractivity contribution >= 4 is 0 Å². The van der Waals surface area contributed by atoms with E-state index in [0.717, 1.165) is 5.56 Å². The van der Waals surface area contributed by atoms with Crippen molar-refractivity contribution in [3.63, 3.8) is 0 Å². The van der Waals surface area contributed by atoms with Crippen molar-refractivity contribution in [1.29, 1.82) is 0 Å². The number of rotatable bonds is 4. The number of likely N-dealkylation sites (N-methyl/N-ethyl adjacent to an activating group) is 1. The van der Waals surface area contributed by atoms with Gasteiger partial charge in [-0.2, -0.15) is 0 Å². The Kier molecular flexibility index (Phi) is 4.62. The first kappa shape index (κ1) is 12.8. The molecule has 1 unspecified atom stereocenters. The minimum Gasteiger partial charge on any atom is -0.313 e. The van der Waals surface area contributed by atoms with Crippen molar-refractivity contribution in [2.75, 3.05) is 7.05 Å². The second-order valence-electron chi connectivity index (χ2n) is 4.09. The van der Waals surface area contributed by atoms with Crippen LogP contribution in [0.25, 0.3) is 0 Å². The molecule has 0 amide bonds. The smallest absolute Gasteiger partial charge is 0.159 e. The highest BCUT2D eigenvalue weighted by atomic mass is 19.2. The van der Waals surface area contributed by atoms with Gasteiger partial charge in [0.15, 0.2) is 11.6 Å². The van der Waals surface area contributed by atoms with E-state index in [2.05, 4.69) is 11.4 Å². The van der Waals surface area contributed by atoms with Crippen LogP contribution in [-0.4, -0.2) is 13.1 Å². The topological polar surface area (TPSA) is 12.0 Å². The predicted octanol–water partition coefficient (Wildman–Crippen LogP) is 3.06. The number of hydrogen-bond donors (Lipinski definition) is 1. The second-order valence-corrected chi connectivity index (χ2v) is 4.09. The van der Waals surface area contributed by atoms with Gasteiger partial charge in [-0.05, 0) is 45.0 Å². The molecule has 1 aromatic carbocycles. The van der Waals surface area contributed by atoms with Crippen LogP contribution in [0.5, 0.6) is 0 Å². The third-order valence-corrected chi connectivity index (χ3v) is 2.34. The molecule has 0 aliphatic rings. The van der Waals surface area contributed by atoms with Crippen LogP contribution in [-0.2, 0) is 6.42 Å². The van der Waals surface area contributed by atoms with Crippen molar-refractivity contribution in [2.45, 2.75) is 26.3 Å². The fraction of sp³-hybridized carbons (Fsp3) is 0.385. The highest BCUT2D eigenvalue weighted by Gasteiger charge is 2.07. The van der Waals surface area contributed by atoms with Gasteiger partial charge in [-0.1, -0.05) is 17.7 Å². The van der Waals surface area contributed by atoms with E-state index in [1.165, 1.54) is 17.7 Å². The van der Waals surface area contributed by atoms with Crippen LogP contribution in [0.4, 0.5) is 8.78 Å². The zero-order chi connectivity index (χ0) is 12.1. The standard InChI is InChI=1S/C13H17F2N/c1-9(2)6-11(16-3)7-10-4-5-12(14)13(15)8-10/h4-6,8,11,16H,7H2,1-3H3. The summed E-state index contributed by atoms with van der Waals surface area (Å²) in [5, 5.41) is 3.12. The monoisotopic (exact) mass is 225 g/mol. The van der Waals surface area contributed by atoms with Gasteiger partial charge in [0.1, 0.15) is 0 Å². The van der Waals surface area contributed by atoms with Gasteiger partial charge in [-0.25, -0.2) is 8.78 Å². The fourth-order valence-corrected chi connectivity index (χ4v) is 1.57. The lowest BCUT2D eigenvalue weighted by Gasteiger charge is -2.12. The van der Waals surface area contributed by atoms with Crippen molar-refractivity contribution in [3.05, 3.63) is 47.0 Å². The summed E-state index contributed by atoms with van der Waals surface area (Å²) in [5.74, 6) is -1.59. The lowest BCUT2D eigenvalue weighted by molar-refractivity contribution is 0.506. The summed E-state index contributed by atoms with van der Waals surface area (Å²) >= 11 is 0. The van der Waals surface area contributed by atoms with Gasteiger partial charge in [0.25, 0.3) is 0 Å². The Balaban J connectivity index is 2.78. The Morgan fingerprint density at radius 3 is 2.50 bits per heavy atom. The number of allylic oxidation sites excluding steroid dienone is 1. The zero-order valence-electron chi connectivity index (χ0n) is 9.85. The Bertz CT molecular complexity index is 382. The SMILES string of the molecule is CNC(C=C(C)C)Cc1ccc(F)c(F)c1. The van der Waals surface area contributed by atoms with Crippen LogP contribution in [0.2, 0.25) is 0 Å². The molecule has 3 heteroatoms. The maximum atomic E-state index is 13.0. The quantitative estimate of drug-likeness (QED) is 0.776. The molecule has 0 aliphatic carbocycles. The van der Waals surface area contributed by atoms with E-state index in [0.29, 0.717) is 6.42 Å². The summed E-state index contributed by atoms with van der Waals surface area (Å²) in [5.41, 5.74) is 1.98. The van der Waals surface area contributed by atoms with Crippen molar-refractivity contribution in [1.82, 2.24) is 5.32 Å². The van der Waals surface area contributed by atoms with Crippen LogP contribution in [0.3, 0.4) is 0 Å². The molecule has 0 fully saturated rings. The molecule has 0 heterocycles. The highest BCUT2D eigenvalue weighted by Crippen LogP contribution is 2.11. The van der Waals surface area contributed by atoms with Crippen LogP contribution >= 0.6 is 0 Å². The summed E-state index contributed by atoms with van der Waals surface area (Å²) in [7, 11) is 1.85. The van der Waals surface area contributed by atoms with Crippen molar-refractivity contribution < 1.29 is 8.78 Å². The molecule has 88 valence electrons. The van der Waals surface area contributed by atoms with Crippen LogP contribution in [0.15, 0.2) is 29.8 Å². The van der Waals surface area contributed by atoms with E-state index in [-0.39, 0.29) is 6.04 Å². The summed E-state index contributed by atoms with van der Waals surface area (Å²) in [4.78, 5) is 0. The Labute approximate surface area is 95.2 Å². The highest BCUT2D eigenvalue weighted by molar-refractivity contribution is 5.20. The summed E-state index contributed by atoms with van der Waals surface area (Å²) in [6, 6.07) is 4.18. The minimum absolute atomic E-state index is 0.148. The number of benzene rings is 1. The summed E-state index contributed by atoms with van der Waals surface area (Å²) in [6.45, 7) is 4.02. The molecule has 1 N–H and O–H groups in total. The van der Waals surface area contributed by atoms with Gasteiger partial charge in [0.05, 0.1) is 0 Å². The van der Waals surface area contributed by atoms with Gasteiger partial charge < -0.3 is 5.32 Å². The normalized spacial score (nSPS) is 12.3. The lowest BCUT2D eigenvalue weighted by Crippen LogP contribution is -2.25. The molecule has 1 rings (SSSR count). The third-order valence-electron chi connectivity index (χ3n) is 2.34. The van der Waals surface area contributed by atoms with Gasteiger partial charge in [-0.3, -0.25) is 0 Å². The molecule has 0 aliphatic heterocycles. The first-order chi connectivity index (χ1) is 7.52. The first-order valence-corrected chi connectivity index (χ1v) is 5.29. The molecule has 16 heavy (non-hydrogen) atoms. The first-order valence-electron chi connectivity index (χ1n) is 5.29. The second kappa shape index (κ2) is 5.75. The molecule has 0 saturated carbocycles. The van der Waals surface area contributed by atoms with Crippen LogP contribution in [0.1, 0.15) is 19.4 Å². The molecule has 0 bridgehead atoms. The molecular formula is C13H17F2N. The van der Waals surface area contributed by atoms with Crippen LogP contribution < -0.4 is 5.32 Å². The third kappa shape index (κ3) is 3.74. The Hall–Kier alpha value is -1.22. The molecule has 1 nitrogen and oxygen atoms in total. The predicted molar refractivity (Wildman–Crippen MR) is 62.3 cm³/mol. The number of nitrogens with one attached hydrogen (secondary N) is 1. The molecule has 0 spiro atoms. The maximum Gasteiger partial charge on any atom is 0.159 e. The van der Waals surface area contributed by atoms with E-state index in [4.69, 9.17) is 0 Å². The maximum absolute atomic E-state index is 13.0. The number of hydrogen-bond acceptors (Lipinski definition) is 1. The van der Waals surface area contributed by atoms with E-state index in [9.17, 15) is 8.78 Å². The molecule has 0 saturated heterocycles.